The van der Waals surface area contributed by atoms with E-state index < -0.39 is 18.4 Å². The van der Waals surface area contributed by atoms with Gasteiger partial charge in [0.1, 0.15) is 22.8 Å². The minimum atomic E-state index is -4.83. The van der Waals surface area contributed by atoms with E-state index in [1.54, 1.807) is 6.92 Å². The van der Waals surface area contributed by atoms with E-state index in [2.05, 4.69) is 14.8 Å². The van der Waals surface area contributed by atoms with Crippen molar-refractivity contribution in [3.8, 4) is 5.75 Å². The van der Waals surface area contributed by atoms with Crippen LogP contribution in [0.2, 0.25) is 0 Å². The lowest BCUT2D eigenvalue weighted by Gasteiger charge is -2.18. The van der Waals surface area contributed by atoms with Crippen molar-refractivity contribution in [1.82, 2.24) is 10.2 Å². The Hall–Kier alpha value is -3.17. The second-order valence-electron chi connectivity index (χ2n) is 5.84. The van der Waals surface area contributed by atoms with E-state index in [1.165, 1.54) is 49.4 Å². The van der Waals surface area contributed by atoms with Gasteiger partial charge in [-0.1, -0.05) is 18.2 Å². The molecule has 0 saturated carbocycles. The summed E-state index contributed by atoms with van der Waals surface area (Å²) in [6, 6.07) is 6.44. The maximum Gasteiger partial charge on any atom is 0.573 e. The lowest BCUT2D eigenvalue weighted by atomic mass is 10.2. The number of nitrogens with one attached hydrogen (secondary N) is 1. The molecule has 0 fully saturated rings. The van der Waals surface area contributed by atoms with Crippen molar-refractivity contribution < 1.29 is 36.7 Å². The Morgan fingerprint density at radius 1 is 1.25 bits per heavy atom. The first-order chi connectivity index (χ1) is 13.1. The van der Waals surface area contributed by atoms with E-state index in [0.29, 0.717) is 11.5 Å². The second kappa shape index (κ2) is 8.68. The zero-order chi connectivity index (χ0) is 20.9. The summed E-state index contributed by atoms with van der Waals surface area (Å²) in [5, 5.41) is 2.51. The van der Waals surface area contributed by atoms with Crippen molar-refractivity contribution >= 4 is 12.0 Å². The summed E-state index contributed by atoms with van der Waals surface area (Å²) >= 11 is 0. The van der Waals surface area contributed by atoms with Crippen molar-refractivity contribution in [3.63, 3.8) is 0 Å². The number of furan rings is 1. The third-order valence-corrected chi connectivity index (χ3v) is 3.74. The normalized spacial score (nSPS) is 11.1. The Kier molecular flexibility index (Phi) is 6.55. The Bertz CT molecular complexity index is 848. The molecule has 0 aliphatic heterocycles. The summed E-state index contributed by atoms with van der Waals surface area (Å²) in [5.74, 6) is -0.228. The summed E-state index contributed by atoms with van der Waals surface area (Å²) in [4.78, 5) is 25.1. The van der Waals surface area contributed by atoms with Crippen LogP contribution < -0.4 is 10.1 Å². The molecular weight excluding hydrogens is 381 g/mol. The Balaban J connectivity index is 1.98. The van der Waals surface area contributed by atoms with Gasteiger partial charge in [0.05, 0.1) is 13.7 Å². The van der Waals surface area contributed by atoms with Crippen LogP contribution in [-0.2, 0) is 17.8 Å². The molecule has 0 saturated heterocycles. The van der Waals surface area contributed by atoms with Crippen molar-refractivity contribution in [2.45, 2.75) is 26.4 Å². The highest BCUT2D eigenvalue weighted by atomic mass is 19.4. The Labute approximate surface area is 159 Å². The van der Waals surface area contributed by atoms with E-state index in [-0.39, 0.29) is 30.0 Å². The van der Waals surface area contributed by atoms with E-state index >= 15 is 0 Å². The molecule has 1 aromatic heterocycles. The standard InChI is InChI=1S/C18H19F3N2O5/c1-11-14(16(24)26-3)8-13(27-11)10-23(2)17(25)22-9-12-6-4-5-7-15(12)28-18(19,20)21/h4-8H,9-10H2,1-3H3,(H,22,25). The molecule has 1 N–H and O–H groups in total. The third kappa shape index (κ3) is 5.66. The van der Waals surface area contributed by atoms with Gasteiger partial charge in [-0.15, -0.1) is 13.2 Å². The number of nitrogens with zero attached hydrogens (tertiary/aromatic N) is 1. The molecule has 28 heavy (non-hydrogen) atoms. The van der Waals surface area contributed by atoms with E-state index in [0.717, 1.165) is 0 Å². The van der Waals surface area contributed by atoms with Crippen molar-refractivity contribution in [2.24, 2.45) is 0 Å². The van der Waals surface area contributed by atoms with Crippen LogP contribution in [0.4, 0.5) is 18.0 Å². The summed E-state index contributed by atoms with van der Waals surface area (Å²) in [6.07, 6.45) is -4.83. The number of halogens is 3. The molecule has 0 bridgehead atoms. The molecular formula is C18H19F3N2O5. The molecule has 2 amide bonds. The molecule has 0 radical (unpaired) electrons. The topological polar surface area (TPSA) is 81.0 Å². The lowest BCUT2D eigenvalue weighted by Crippen LogP contribution is -2.36. The van der Waals surface area contributed by atoms with E-state index in [4.69, 9.17) is 4.42 Å². The highest BCUT2D eigenvalue weighted by Gasteiger charge is 2.32. The second-order valence-corrected chi connectivity index (χ2v) is 5.84. The van der Waals surface area contributed by atoms with Gasteiger partial charge < -0.3 is 24.1 Å². The molecule has 7 nitrogen and oxygen atoms in total. The average Bonchev–Trinajstić information content (AvgIpc) is 2.98. The van der Waals surface area contributed by atoms with Gasteiger partial charge >= 0.3 is 18.4 Å². The van der Waals surface area contributed by atoms with Gasteiger partial charge in [-0.3, -0.25) is 0 Å². The Morgan fingerprint density at radius 2 is 1.93 bits per heavy atom. The van der Waals surface area contributed by atoms with Crippen LogP contribution in [-0.4, -0.2) is 37.4 Å². The molecule has 152 valence electrons. The highest BCUT2D eigenvalue weighted by molar-refractivity contribution is 5.90. The predicted octanol–water partition coefficient (Wildman–Crippen LogP) is 3.61. The zero-order valence-corrected chi connectivity index (χ0v) is 15.4. The molecule has 0 spiro atoms. The summed E-state index contributed by atoms with van der Waals surface area (Å²) in [7, 11) is 2.72. The van der Waals surface area contributed by atoms with Crippen LogP contribution in [0, 0.1) is 6.92 Å². The maximum atomic E-state index is 12.4. The number of esters is 1. The van der Waals surface area contributed by atoms with Gasteiger partial charge in [0, 0.05) is 19.2 Å². The van der Waals surface area contributed by atoms with Crippen molar-refractivity contribution in [2.75, 3.05) is 14.2 Å². The number of alkyl halides is 3. The summed E-state index contributed by atoms with van der Waals surface area (Å²) in [5.41, 5.74) is 0.424. The number of methoxy groups -OCH3 is 1. The van der Waals surface area contributed by atoms with Gasteiger partial charge in [0.2, 0.25) is 0 Å². The number of amides is 2. The molecule has 1 aromatic carbocycles. The average molecular weight is 400 g/mol. The number of rotatable bonds is 6. The first kappa shape index (κ1) is 21.1. The number of para-hydroxylation sites is 1. The van der Waals surface area contributed by atoms with Crippen LogP contribution in [0.1, 0.15) is 27.4 Å². The fraction of sp³-hybridized carbons (Fsp3) is 0.333. The van der Waals surface area contributed by atoms with Crippen molar-refractivity contribution in [1.29, 1.82) is 0 Å². The van der Waals surface area contributed by atoms with Crippen LogP contribution >= 0.6 is 0 Å². The van der Waals surface area contributed by atoms with E-state index in [9.17, 15) is 22.8 Å². The fourth-order valence-electron chi connectivity index (χ4n) is 2.42. The monoisotopic (exact) mass is 400 g/mol. The molecule has 10 heteroatoms. The van der Waals surface area contributed by atoms with Crippen molar-refractivity contribution in [3.05, 3.63) is 53.0 Å². The number of ether oxygens (including phenoxy) is 2. The van der Waals surface area contributed by atoms with E-state index in [1.807, 2.05) is 0 Å². The molecule has 0 aliphatic carbocycles. The first-order valence-corrected chi connectivity index (χ1v) is 8.11. The van der Waals surface area contributed by atoms with Gasteiger partial charge in [-0.25, -0.2) is 9.59 Å². The van der Waals surface area contributed by atoms with Crippen LogP contribution in [0.3, 0.4) is 0 Å². The minimum Gasteiger partial charge on any atom is -0.465 e. The molecule has 0 aliphatic rings. The number of carbonyl (C=O) groups is 2. The largest absolute Gasteiger partial charge is 0.573 e. The number of carbonyl (C=O) groups excluding carboxylic acids is 2. The van der Waals surface area contributed by atoms with Gasteiger partial charge in [0.15, 0.2) is 0 Å². The molecule has 2 rings (SSSR count). The quantitative estimate of drug-likeness (QED) is 0.750. The first-order valence-electron chi connectivity index (χ1n) is 8.11. The number of urea groups is 1. The molecule has 1 heterocycles. The maximum absolute atomic E-state index is 12.4. The fourth-order valence-corrected chi connectivity index (χ4v) is 2.42. The minimum absolute atomic E-state index is 0.0460. The van der Waals surface area contributed by atoms with Gasteiger partial charge in [0.25, 0.3) is 0 Å². The smallest absolute Gasteiger partial charge is 0.465 e. The number of hydrogen-bond acceptors (Lipinski definition) is 5. The number of aryl methyl sites for hydroxylation is 1. The predicted molar refractivity (Wildman–Crippen MR) is 91.6 cm³/mol. The third-order valence-electron chi connectivity index (χ3n) is 3.74. The summed E-state index contributed by atoms with van der Waals surface area (Å²) in [6.45, 7) is 1.47. The van der Waals surface area contributed by atoms with Gasteiger partial charge in [-0.05, 0) is 19.1 Å². The van der Waals surface area contributed by atoms with Crippen LogP contribution in [0.25, 0.3) is 0 Å². The zero-order valence-electron chi connectivity index (χ0n) is 15.4. The number of hydrogen-bond donors (Lipinski definition) is 1. The number of benzene rings is 1. The summed E-state index contributed by atoms with van der Waals surface area (Å²) < 4.78 is 51.3. The highest BCUT2D eigenvalue weighted by Crippen LogP contribution is 2.26. The molecule has 0 atom stereocenters. The lowest BCUT2D eigenvalue weighted by molar-refractivity contribution is -0.274. The Morgan fingerprint density at radius 3 is 2.57 bits per heavy atom. The SMILES string of the molecule is COC(=O)c1cc(CN(C)C(=O)NCc2ccccc2OC(F)(F)F)oc1C. The molecule has 2 aromatic rings. The van der Waals surface area contributed by atoms with Crippen LogP contribution in [0.5, 0.6) is 5.75 Å². The van der Waals surface area contributed by atoms with Gasteiger partial charge in [-0.2, -0.15) is 0 Å². The molecule has 0 unspecified atom stereocenters. The van der Waals surface area contributed by atoms with Crippen LogP contribution in [0.15, 0.2) is 34.7 Å².